The van der Waals surface area contributed by atoms with Crippen LogP contribution in [0.2, 0.25) is 0 Å². The van der Waals surface area contributed by atoms with E-state index in [4.69, 9.17) is 0 Å². The Kier molecular flexibility index (Phi) is 3.49. The second kappa shape index (κ2) is 4.89. The Morgan fingerprint density at radius 1 is 1.29 bits per heavy atom. The lowest BCUT2D eigenvalue weighted by Gasteiger charge is -2.06. The summed E-state index contributed by atoms with van der Waals surface area (Å²) < 4.78 is 26.1. The Morgan fingerprint density at radius 3 is 2.53 bits per heavy atom. The van der Waals surface area contributed by atoms with E-state index in [1.165, 1.54) is 12.5 Å². The summed E-state index contributed by atoms with van der Waals surface area (Å²) in [5.74, 6) is 0. The van der Waals surface area contributed by atoms with Crippen molar-refractivity contribution in [1.29, 1.82) is 0 Å². The lowest BCUT2D eigenvalue weighted by Crippen LogP contribution is -2.13. The lowest BCUT2D eigenvalue weighted by atomic mass is 10.2. The van der Waals surface area contributed by atoms with Crippen LogP contribution in [-0.4, -0.2) is 18.4 Å². The third-order valence-electron chi connectivity index (χ3n) is 2.12. The molecule has 0 radical (unpaired) electrons. The van der Waals surface area contributed by atoms with Crippen molar-refractivity contribution in [1.82, 2.24) is 9.97 Å². The Bertz CT molecular complexity index is 579. The van der Waals surface area contributed by atoms with Crippen LogP contribution < -0.4 is 4.72 Å². The minimum Gasteiger partial charge on any atom is -0.334 e. The summed E-state index contributed by atoms with van der Waals surface area (Å²) >= 11 is 3.32. The number of nitrogens with zero attached hydrogens (tertiary/aromatic N) is 1. The second-order valence-corrected chi connectivity index (χ2v) is 5.56. The first-order valence-corrected chi connectivity index (χ1v) is 7.38. The van der Waals surface area contributed by atoms with Crippen molar-refractivity contribution >= 4 is 31.6 Å². The molecule has 0 saturated heterocycles. The highest BCUT2D eigenvalue weighted by Crippen LogP contribution is 2.15. The van der Waals surface area contributed by atoms with Gasteiger partial charge in [0.25, 0.3) is 10.0 Å². The van der Waals surface area contributed by atoms with Crippen molar-refractivity contribution in [2.75, 3.05) is 4.72 Å². The molecule has 0 saturated carbocycles. The highest BCUT2D eigenvalue weighted by atomic mass is 79.9. The Hall–Kier alpha value is -1.34. The summed E-state index contributed by atoms with van der Waals surface area (Å²) in [6.07, 6.45) is 2.58. The fraction of sp³-hybridized carbons (Fsp3) is 0.100. The Labute approximate surface area is 107 Å². The van der Waals surface area contributed by atoms with Crippen LogP contribution in [0.25, 0.3) is 0 Å². The van der Waals surface area contributed by atoms with E-state index in [9.17, 15) is 8.42 Å². The van der Waals surface area contributed by atoms with Gasteiger partial charge in [-0.25, -0.2) is 4.98 Å². The van der Waals surface area contributed by atoms with Crippen molar-refractivity contribution in [3.05, 3.63) is 42.4 Å². The van der Waals surface area contributed by atoms with Gasteiger partial charge in [0, 0.05) is 11.0 Å². The number of aromatic amines is 1. The molecule has 0 aliphatic rings. The molecule has 0 amide bonds. The fourth-order valence-electron chi connectivity index (χ4n) is 1.26. The van der Waals surface area contributed by atoms with Crippen LogP contribution in [0.1, 0.15) is 5.56 Å². The molecule has 90 valence electrons. The molecule has 0 fully saturated rings. The predicted octanol–water partition coefficient (Wildman–Crippen LogP) is 2.11. The topological polar surface area (TPSA) is 74.8 Å². The number of aromatic nitrogens is 2. The van der Waals surface area contributed by atoms with Gasteiger partial charge in [-0.15, -0.1) is 0 Å². The summed E-state index contributed by atoms with van der Waals surface area (Å²) in [5, 5.41) is 0.780. The highest BCUT2D eigenvalue weighted by molar-refractivity contribution is 9.08. The molecule has 2 N–H and O–H groups in total. The first kappa shape index (κ1) is 12.1. The zero-order chi connectivity index (χ0) is 12.3. The number of sulfonamides is 1. The van der Waals surface area contributed by atoms with Gasteiger partial charge in [-0.05, 0) is 17.7 Å². The molecule has 2 rings (SSSR count). The average Bonchev–Trinajstić information content (AvgIpc) is 2.84. The third-order valence-corrected chi connectivity index (χ3v) is 4.08. The molecule has 5 nitrogen and oxygen atoms in total. The number of imidazole rings is 1. The number of rotatable bonds is 4. The predicted molar refractivity (Wildman–Crippen MR) is 68.5 cm³/mol. The summed E-state index contributed by atoms with van der Waals surface area (Å²) in [7, 11) is -3.57. The molecule has 17 heavy (non-hydrogen) atoms. The van der Waals surface area contributed by atoms with Crippen LogP contribution >= 0.6 is 15.9 Å². The van der Waals surface area contributed by atoms with Crippen molar-refractivity contribution in [2.24, 2.45) is 0 Å². The minimum absolute atomic E-state index is 0.0436. The first-order chi connectivity index (χ1) is 8.12. The molecule has 0 unspecified atom stereocenters. The smallest absolute Gasteiger partial charge is 0.278 e. The molecule has 1 aromatic carbocycles. The summed E-state index contributed by atoms with van der Waals surface area (Å²) in [6.45, 7) is 0. The van der Waals surface area contributed by atoms with Gasteiger partial charge in [0.1, 0.15) is 0 Å². The van der Waals surface area contributed by atoms with Crippen molar-refractivity contribution in [2.45, 2.75) is 10.4 Å². The van der Waals surface area contributed by atoms with Gasteiger partial charge >= 0.3 is 0 Å². The molecule has 0 atom stereocenters. The quantitative estimate of drug-likeness (QED) is 0.848. The van der Waals surface area contributed by atoms with E-state index in [1.54, 1.807) is 12.1 Å². The zero-order valence-corrected chi connectivity index (χ0v) is 11.1. The maximum absolute atomic E-state index is 11.8. The van der Waals surface area contributed by atoms with Gasteiger partial charge in [0.2, 0.25) is 0 Å². The van der Waals surface area contributed by atoms with Crippen LogP contribution in [0.5, 0.6) is 0 Å². The van der Waals surface area contributed by atoms with E-state index >= 15 is 0 Å². The number of nitrogens with one attached hydrogen (secondary N) is 2. The minimum atomic E-state index is -3.57. The fourth-order valence-corrected chi connectivity index (χ4v) is 2.60. The first-order valence-electron chi connectivity index (χ1n) is 4.78. The molecule has 2 aromatic rings. The highest BCUT2D eigenvalue weighted by Gasteiger charge is 2.15. The van der Waals surface area contributed by atoms with Crippen molar-refractivity contribution < 1.29 is 8.42 Å². The third kappa shape index (κ3) is 2.86. The monoisotopic (exact) mass is 315 g/mol. The van der Waals surface area contributed by atoms with Gasteiger partial charge in [-0.3, -0.25) is 4.72 Å². The number of hydrogen-bond acceptors (Lipinski definition) is 3. The molecule has 0 bridgehead atoms. The van der Waals surface area contributed by atoms with Crippen LogP contribution in [0, 0.1) is 0 Å². The van der Waals surface area contributed by atoms with E-state index in [-0.39, 0.29) is 5.03 Å². The molecule has 7 heteroatoms. The van der Waals surface area contributed by atoms with Crippen molar-refractivity contribution in [3.8, 4) is 0 Å². The van der Waals surface area contributed by atoms with Gasteiger partial charge in [-0.2, -0.15) is 8.42 Å². The summed E-state index contributed by atoms with van der Waals surface area (Å²) in [5.41, 5.74) is 1.60. The standard InChI is InChI=1S/C10H10BrN3O2S/c11-5-8-1-3-9(4-2-8)14-17(15,16)10-6-12-7-13-10/h1-4,6-7,14H,5H2,(H,12,13). The van der Waals surface area contributed by atoms with Crippen LogP contribution in [-0.2, 0) is 15.4 Å². The van der Waals surface area contributed by atoms with Crippen molar-refractivity contribution in [3.63, 3.8) is 0 Å². The second-order valence-electron chi connectivity index (χ2n) is 3.35. The van der Waals surface area contributed by atoms with E-state index in [1.807, 2.05) is 12.1 Å². The van der Waals surface area contributed by atoms with Gasteiger partial charge in [0.05, 0.1) is 12.5 Å². The van der Waals surface area contributed by atoms with Gasteiger partial charge < -0.3 is 4.98 Å². The summed E-state index contributed by atoms with van der Waals surface area (Å²) in [4.78, 5) is 6.23. The SMILES string of the molecule is O=S(=O)(Nc1ccc(CBr)cc1)c1cnc[nH]1. The maximum Gasteiger partial charge on any atom is 0.278 e. The number of halogens is 1. The number of benzene rings is 1. The number of alkyl halides is 1. The molecule has 1 heterocycles. The molecular weight excluding hydrogens is 306 g/mol. The largest absolute Gasteiger partial charge is 0.334 e. The lowest BCUT2D eigenvalue weighted by molar-refractivity contribution is 0.598. The average molecular weight is 316 g/mol. The maximum atomic E-state index is 11.8. The van der Waals surface area contributed by atoms with E-state index < -0.39 is 10.0 Å². The van der Waals surface area contributed by atoms with Crippen LogP contribution in [0.3, 0.4) is 0 Å². The molecule has 1 aromatic heterocycles. The van der Waals surface area contributed by atoms with Gasteiger partial charge in [-0.1, -0.05) is 28.1 Å². The van der Waals surface area contributed by atoms with E-state index in [2.05, 4.69) is 30.6 Å². The summed E-state index contributed by atoms with van der Waals surface area (Å²) in [6, 6.07) is 7.12. The zero-order valence-electron chi connectivity index (χ0n) is 8.72. The number of hydrogen-bond donors (Lipinski definition) is 2. The van der Waals surface area contributed by atoms with Crippen LogP contribution in [0.15, 0.2) is 41.8 Å². The number of H-pyrrole nitrogens is 1. The normalized spacial score (nSPS) is 11.4. The van der Waals surface area contributed by atoms with Gasteiger partial charge in [0.15, 0.2) is 5.03 Å². The van der Waals surface area contributed by atoms with E-state index in [0.717, 1.165) is 10.9 Å². The molecular formula is C10H10BrN3O2S. The Morgan fingerprint density at radius 2 is 2.00 bits per heavy atom. The molecule has 0 spiro atoms. The van der Waals surface area contributed by atoms with Crippen LogP contribution in [0.4, 0.5) is 5.69 Å². The number of anilines is 1. The van der Waals surface area contributed by atoms with E-state index in [0.29, 0.717) is 5.69 Å². The molecule has 0 aliphatic carbocycles. The molecule has 0 aliphatic heterocycles. The Balaban J connectivity index is 2.21.